The van der Waals surface area contributed by atoms with Gasteiger partial charge < -0.3 is 5.32 Å². The lowest BCUT2D eigenvalue weighted by molar-refractivity contribution is 0.389. The second-order valence-electron chi connectivity index (χ2n) is 3.39. The summed E-state index contributed by atoms with van der Waals surface area (Å²) in [7, 11) is 0. The van der Waals surface area contributed by atoms with Crippen molar-refractivity contribution in [3.8, 4) is 0 Å². The molecule has 0 radical (unpaired) electrons. The first-order chi connectivity index (χ1) is 4.84. The van der Waals surface area contributed by atoms with Crippen LogP contribution in [0.3, 0.4) is 0 Å². The molecule has 0 saturated heterocycles. The third-order valence-electron chi connectivity index (χ3n) is 2.63. The summed E-state index contributed by atoms with van der Waals surface area (Å²) in [6.45, 7) is 5.63. The van der Waals surface area contributed by atoms with E-state index in [-0.39, 0.29) is 0 Å². The van der Waals surface area contributed by atoms with E-state index in [1.165, 1.54) is 25.7 Å². The molecule has 1 fully saturated rings. The first-order valence-corrected chi connectivity index (χ1v) is 4.58. The summed E-state index contributed by atoms with van der Waals surface area (Å²) in [5.41, 5.74) is 0. The van der Waals surface area contributed by atoms with Gasteiger partial charge in [-0.2, -0.15) is 0 Å². The lowest BCUT2D eigenvalue weighted by Crippen LogP contribution is -2.31. The van der Waals surface area contributed by atoms with E-state index in [1.54, 1.807) is 0 Å². The van der Waals surface area contributed by atoms with Crippen LogP contribution >= 0.6 is 0 Å². The lowest BCUT2D eigenvalue weighted by atomic mass is 10.00. The van der Waals surface area contributed by atoms with Crippen LogP contribution in [0.25, 0.3) is 0 Å². The third-order valence-corrected chi connectivity index (χ3v) is 2.63. The van der Waals surface area contributed by atoms with E-state index in [0.717, 1.165) is 18.5 Å². The molecule has 0 unspecified atom stereocenters. The molecule has 1 rings (SSSR count). The van der Waals surface area contributed by atoms with Crippen LogP contribution in [-0.4, -0.2) is 12.6 Å². The molecule has 1 aliphatic carbocycles. The quantitative estimate of drug-likeness (QED) is 0.635. The molecule has 1 saturated carbocycles. The molecule has 1 heteroatoms. The van der Waals surface area contributed by atoms with Gasteiger partial charge in [-0.25, -0.2) is 0 Å². The zero-order valence-corrected chi connectivity index (χ0v) is 7.19. The Morgan fingerprint density at radius 2 is 2.00 bits per heavy atom. The lowest BCUT2D eigenvalue weighted by Gasteiger charge is -2.18. The maximum Gasteiger partial charge on any atom is 0.00668 e. The van der Waals surface area contributed by atoms with Crippen LogP contribution in [0, 0.1) is 5.92 Å². The Balaban J connectivity index is 2.18. The van der Waals surface area contributed by atoms with Crippen molar-refractivity contribution in [2.75, 3.05) is 6.54 Å². The van der Waals surface area contributed by atoms with Gasteiger partial charge in [-0.15, -0.1) is 0 Å². The smallest absolute Gasteiger partial charge is 0.00668 e. The van der Waals surface area contributed by atoms with Gasteiger partial charge in [0.15, 0.2) is 0 Å². The first kappa shape index (κ1) is 8.06. The SMILES string of the molecule is CCN[C@H](C)C1CCCC1. The van der Waals surface area contributed by atoms with E-state index < -0.39 is 0 Å². The van der Waals surface area contributed by atoms with Crippen LogP contribution < -0.4 is 5.32 Å². The number of rotatable bonds is 3. The summed E-state index contributed by atoms with van der Waals surface area (Å²) in [5, 5.41) is 3.49. The maximum atomic E-state index is 3.49. The molecule has 1 N–H and O–H groups in total. The van der Waals surface area contributed by atoms with Crippen molar-refractivity contribution < 1.29 is 0 Å². The van der Waals surface area contributed by atoms with Crippen molar-refractivity contribution in [2.24, 2.45) is 5.92 Å². The van der Waals surface area contributed by atoms with Gasteiger partial charge in [0, 0.05) is 6.04 Å². The maximum absolute atomic E-state index is 3.49. The molecule has 0 aromatic carbocycles. The third kappa shape index (κ3) is 1.98. The van der Waals surface area contributed by atoms with Crippen LogP contribution in [0.15, 0.2) is 0 Å². The fraction of sp³-hybridized carbons (Fsp3) is 1.00. The van der Waals surface area contributed by atoms with E-state index in [4.69, 9.17) is 0 Å². The summed E-state index contributed by atoms with van der Waals surface area (Å²) in [6.07, 6.45) is 5.82. The second-order valence-corrected chi connectivity index (χ2v) is 3.39. The normalized spacial score (nSPS) is 23.4. The van der Waals surface area contributed by atoms with Gasteiger partial charge in [-0.05, 0) is 32.2 Å². The highest BCUT2D eigenvalue weighted by molar-refractivity contribution is 4.76. The molecule has 60 valence electrons. The van der Waals surface area contributed by atoms with Crippen LogP contribution in [0.1, 0.15) is 39.5 Å². The standard InChI is InChI=1S/C9H19N/c1-3-10-8(2)9-6-4-5-7-9/h8-10H,3-7H2,1-2H3/t8-/m1/s1. The predicted molar refractivity (Wildman–Crippen MR) is 45.1 cm³/mol. The molecule has 0 aromatic rings. The van der Waals surface area contributed by atoms with Crippen molar-refractivity contribution in [3.05, 3.63) is 0 Å². The van der Waals surface area contributed by atoms with Crippen LogP contribution in [0.2, 0.25) is 0 Å². The van der Waals surface area contributed by atoms with E-state index >= 15 is 0 Å². The summed E-state index contributed by atoms with van der Waals surface area (Å²) < 4.78 is 0. The average molecular weight is 141 g/mol. The van der Waals surface area contributed by atoms with Crippen molar-refractivity contribution in [2.45, 2.75) is 45.6 Å². The second kappa shape index (κ2) is 3.97. The molecule has 0 spiro atoms. The Morgan fingerprint density at radius 3 is 2.50 bits per heavy atom. The van der Waals surface area contributed by atoms with Gasteiger partial charge >= 0.3 is 0 Å². The fourth-order valence-corrected chi connectivity index (χ4v) is 1.95. The molecule has 0 amide bonds. The van der Waals surface area contributed by atoms with Crippen LogP contribution in [-0.2, 0) is 0 Å². The van der Waals surface area contributed by atoms with E-state index in [9.17, 15) is 0 Å². The molecule has 1 nitrogen and oxygen atoms in total. The van der Waals surface area contributed by atoms with Crippen molar-refractivity contribution >= 4 is 0 Å². The molecule has 0 heterocycles. The Bertz CT molecular complexity index is 84.7. The molecule has 0 aliphatic heterocycles. The zero-order valence-electron chi connectivity index (χ0n) is 7.19. The molecule has 1 atom stereocenters. The van der Waals surface area contributed by atoms with Gasteiger partial charge in [0.05, 0.1) is 0 Å². The Kier molecular flexibility index (Phi) is 3.20. The minimum absolute atomic E-state index is 0.757. The summed E-state index contributed by atoms with van der Waals surface area (Å²) in [6, 6.07) is 0.757. The number of hydrogen-bond acceptors (Lipinski definition) is 1. The summed E-state index contributed by atoms with van der Waals surface area (Å²) in [5.74, 6) is 0.972. The van der Waals surface area contributed by atoms with Gasteiger partial charge in [0.2, 0.25) is 0 Å². The molecule has 10 heavy (non-hydrogen) atoms. The minimum atomic E-state index is 0.757. The van der Waals surface area contributed by atoms with Crippen molar-refractivity contribution in [1.29, 1.82) is 0 Å². The molecular weight excluding hydrogens is 122 g/mol. The van der Waals surface area contributed by atoms with Crippen molar-refractivity contribution in [1.82, 2.24) is 5.32 Å². The Hall–Kier alpha value is -0.0400. The number of hydrogen-bond donors (Lipinski definition) is 1. The van der Waals surface area contributed by atoms with Gasteiger partial charge in [-0.1, -0.05) is 19.8 Å². The summed E-state index contributed by atoms with van der Waals surface area (Å²) in [4.78, 5) is 0. The Morgan fingerprint density at radius 1 is 1.40 bits per heavy atom. The highest BCUT2D eigenvalue weighted by atomic mass is 14.9. The monoisotopic (exact) mass is 141 g/mol. The summed E-state index contributed by atoms with van der Waals surface area (Å²) >= 11 is 0. The predicted octanol–water partition coefficient (Wildman–Crippen LogP) is 2.17. The number of nitrogens with one attached hydrogen (secondary N) is 1. The molecule has 1 aliphatic rings. The van der Waals surface area contributed by atoms with E-state index in [1.807, 2.05) is 0 Å². The topological polar surface area (TPSA) is 12.0 Å². The highest BCUT2D eigenvalue weighted by Gasteiger charge is 2.19. The van der Waals surface area contributed by atoms with E-state index in [2.05, 4.69) is 19.2 Å². The van der Waals surface area contributed by atoms with Gasteiger partial charge in [-0.3, -0.25) is 0 Å². The highest BCUT2D eigenvalue weighted by Crippen LogP contribution is 2.27. The molecular formula is C9H19N. The van der Waals surface area contributed by atoms with Crippen molar-refractivity contribution in [3.63, 3.8) is 0 Å². The van der Waals surface area contributed by atoms with Crippen LogP contribution in [0.4, 0.5) is 0 Å². The molecule has 0 aromatic heterocycles. The fourth-order valence-electron chi connectivity index (χ4n) is 1.95. The first-order valence-electron chi connectivity index (χ1n) is 4.58. The largest absolute Gasteiger partial charge is 0.314 e. The minimum Gasteiger partial charge on any atom is -0.314 e. The molecule has 0 bridgehead atoms. The zero-order chi connectivity index (χ0) is 7.40. The van der Waals surface area contributed by atoms with Gasteiger partial charge in [0.25, 0.3) is 0 Å². The Labute approximate surface area is 64.2 Å². The van der Waals surface area contributed by atoms with Gasteiger partial charge in [0.1, 0.15) is 0 Å². The average Bonchev–Trinajstić information content (AvgIpc) is 2.38. The van der Waals surface area contributed by atoms with Crippen LogP contribution in [0.5, 0.6) is 0 Å². The van der Waals surface area contributed by atoms with E-state index in [0.29, 0.717) is 0 Å².